The van der Waals surface area contributed by atoms with E-state index < -0.39 is 12.2 Å². The van der Waals surface area contributed by atoms with Crippen molar-refractivity contribution in [1.29, 1.82) is 0 Å². The topological polar surface area (TPSA) is 49.8 Å². The molecule has 22 heavy (non-hydrogen) atoms. The van der Waals surface area contributed by atoms with Gasteiger partial charge in [0.25, 0.3) is 0 Å². The third kappa shape index (κ3) is 4.86. The molecule has 0 aromatic heterocycles. The Labute approximate surface area is 138 Å². The van der Waals surface area contributed by atoms with Gasteiger partial charge >= 0.3 is 6.09 Å². The Morgan fingerprint density at radius 1 is 1.18 bits per heavy atom. The lowest BCUT2D eigenvalue weighted by molar-refractivity contribution is 0.0787. The first-order valence-corrected chi connectivity index (χ1v) is 7.71. The van der Waals surface area contributed by atoms with Gasteiger partial charge in [-0.05, 0) is 23.3 Å². The Hall–Kier alpha value is -1.85. The number of carbonyl (C=O) groups excluding carboxylic acids is 1. The van der Waals surface area contributed by atoms with Crippen LogP contribution in [0.25, 0.3) is 0 Å². The number of aliphatic hydroxyl groups excluding tert-OH is 1. The fraction of sp³-hybridized carbons (Fsp3) is 0.235. The molecule has 1 N–H and O–H groups in total. The van der Waals surface area contributed by atoms with Gasteiger partial charge in [-0.2, -0.15) is 0 Å². The van der Waals surface area contributed by atoms with Crippen LogP contribution in [0.15, 0.2) is 59.1 Å². The first-order valence-electron chi connectivity index (χ1n) is 6.91. The first-order chi connectivity index (χ1) is 10.6. The second-order valence-corrected chi connectivity index (χ2v) is 5.90. The number of nitrogens with zero attached hydrogens (tertiary/aromatic N) is 1. The molecule has 0 spiro atoms. The number of aliphatic hydroxyl groups is 1. The Balaban J connectivity index is 1.84. The van der Waals surface area contributed by atoms with E-state index in [-0.39, 0.29) is 13.2 Å². The van der Waals surface area contributed by atoms with E-state index in [0.29, 0.717) is 0 Å². The summed E-state index contributed by atoms with van der Waals surface area (Å²) in [6, 6.07) is 16.8. The summed E-state index contributed by atoms with van der Waals surface area (Å²) < 4.78 is 6.16. The molecule has 2 aromatic rings. The third-order valence-corrected chi connectivity index (χ3v) is 3.75. The predicted octanol–water partition coefficient (Wildman–Crippen LogP) is 3.75. The van der Waals surface area contributed by atoms with E-state index in [0.717, 1.165) is 15.6 Å². The summed E-state index contributed by atoms with van der Waals surface area (Å²) in [5.41, 5.74) is 1.68. The van der Waals surface area contributed by atoms with Gasteiger partial charge in [-0.3, -0.25) is 0 Å². The third-order valence-electron chi connectivity index (χ3n) is 3.22. The van der Waals surface area contributed by atoms with E-state index in [4.69, 9.17) is 4.74 Å². The molecule has 2 aromatic carbocycles. The number of amides is 1. The average Bonchev–Trinajstić information content (AvgIpc) is 2.54. The minimum atomic E-state index is -0.748. The summed E-state index contributed by atoms with van der Waals surface area (Å²) in [6.07, 6.45) is -1.21. The maximum atomic E-state index is 11.9. The minimum Gasteiger partial charge on any atom is -0.445 e. The van der Waals surface area contributed by atoms with Crippen molar-refractivity contribution in [2.45, 2.75) is 12.7 Å². The molecule has 0 saturated heterocycles. The Morgan fingerprint density at radius 2 is 1.82 bits per heavy atom. The number of rotatable bonds is 5. The van der Waals surface area contributed by atoms with Crippen molar-refractivity contribution in [1.82, 2.24) is 4.90 Å². The highest BCUT2D eigenvalue weighted by Crippen LogP contribution is 2.17. The van der Waals surface area contributed by atoms with E-state index in [9.17, 15) is 9.90 Å². The van der Waals surface area contributed by atoms with Crippen LogP contribution in [0.2, 0.25) is 0 Å². The molecule has 0 aliphatic heterocycles. The van der Waals surface area contributed by atoms with Crippen LogP contribution < -0.4 is 0 Å². The van der Waals surface area contributed by atoms with Gasteiger partial charge in [-0.25, -0.2) is 4.79 Å². The summed E-state index contributed by atoms with van der Waals surface area (Å²) in [5.74, 6) is 0. The second-order valence-electron chi connectivity index (χ2n) is 4.99. The van der Waals surface area contributed by atoms with Crippen molar-refractivity contribution in [2.24, 2.45) is 0 Å². The molecule has 1 unspecified atom stereocenters. The van der Waals surface area contributed by atoms with E-state index in [1.54, 1.807) is 7.05 Å². The van der Waals surface area contributed by atoms with E-state index in [2.05, 4.69) is 15.9 Å². The van der Waals surface area contributed by atoms with Gasteiger partial charge in [0.1, 0.15) is 6.61 Å². The monoisotopic (exact) mass is 363 g/mol. The lowest BCUT2D eigenvalue weighted by atomic mass is 10.1. The van der Waals surface area contributed by atoms with Crippen LogP contribution in [-0.4, -0.2) is 29.7 Å². The molecule has 0 radical (unpaired) electrons. The molecular formula is C17H18BrNO3. The fourth-order valence-electron chi connectivity index (χ4n) is 1.95. The number of benzene rings is 2. The molecule has 1 amide bonds. The molecule has 0 fully saturated rings. The van der Waals surface area contributed by atoms with Crippen LogP contribution in [0.4, 0.5) is 4.79 Å². The number of likely N-dealkylation sites (N-methyl/N-ethyl adjacent to an activating group) is 1. The molecule has 0 aliphatic carbocycles. The van der Waals surface area contributed by atoms with Crippen LogP contribution in [0, 0.1) is 0 Å². The Bertz CT molecular complexity index is 601. The summed E-state index contributed by atoms with van der Waals surface area (Å²) in [4.78, 5) is 13.3. The van der Waals surface area contributed by atoms with Crippen LogP contribution in [-0.2, 0) is 11.3 Å². The largest absolute Gasteiger partial charge is 0.445 e. The van der Waals surface area contributed by atoms with E-state index >= 15 is 0 Å². The second kappa shape index (κ2) is 7.96. The van der Waals surface area contributed by atoms with Gasteiger partial charge in [-0.15, -0.1) is 0 Å². The quantitative estimate of drug-likeness (QED) is 0.879. The lowest BCUT2D eigenvalue weighted by Crippen LogP contribution is -2.31. The number of hydrogen-bond donors (Lipinski definition) is 1. The van der Waals surface area contributed by atoms with Crippen LogP contribution >= 0.6 is 15.9 Å². The van der Waals surface area contributed by atoms with Crippen LogP contribution in [0.3, 0.4) is 0 Å². The molecular weight excluding hydrogens is 346 g/mol. The first kappa shape index (κ1) is 16.5. The molecule has 1 atom stereocenters. The normalized spacial score (nSPS) is 11.8. The van der Waals surface area contributed by atoms with Crippen molar-refractivity contribution in [2.75, 3.05) is 13.6 Å². The number of hydrogen-bond acceptors (Lipinski definition) is 3. The van der Waals surface area contributed by atoms with Crippen molar-refractivity contribution in [3.8, 4) is 0 Å². The smallest absolute Gasteiger partial charge is 0.409 e. The van der Waals surface area contributed by atoms with Gasteiger partial charge in [0.2, 0.25) is 0 Å². The molecule has 0 bridgehead atoms. The Morgan fingerprint density at radius 3 is 2.45 bits per heavy atom. The summed E-state index contributed by atoms with van der Waals surface area (Å²) >= 11 is 3.35. The maximum absolute atomic E-state index is 11.9. The zero-order chi connectivity index (χ0) is 15.9. The van der Waals surface area contributed by atoms with Gasteiger partial charge in [0, 0.05) is 11.5 Å². The Kier molecular flexibility index (Phi) is 5.98. The van der Waals surface area contributed by atoms with Gasteiger partial charge < -0.3 is 14.7 Å². The van der Waals surface area contributed by atoms with Crippen LogP contribution in [0.1, 0.15) is 17.2 Å². The summed E-state index contributed by atoms with van der Waals surface area (Å²) in [5, 5.41) is 10.2. The number of ether oxygens (including phenoxy) is 1. The standard InChI is InChI=1S/C17H18BrNO3/c1-19(11-16(20)14-7-9-15(18)10-8-14)17(21)22-12-13-5-3-2-4-6-13/h2-10,16,20H,11-12H2,1H3. The molecule has 2 rings (SSSR count). The molecule has 116 valence electrons. The van der Waals surface area contributed by atoms with Crippen molar-refractivity contribution < 1.29 is 14.6 Å². The average molecular weight is 364 g/mol. The SMILES string of the molecule is CN(CC(O)c1ccc(Br)cc1)C(=O)OCc1ccccc1. The molecule has 0 saturated carbocycles. The van der Waals surface area contributed by atoms with Gasteiger partial charge in [0.05, 0.1) is 12.6 Å². The molecule has 5 heteroatoms. The highest BCUT2D eigenvalue weighted by atomic mass is 79.9. The molecule has 4 nitrogen and oxygen atoms in total. The van der Waals surface area contributed by atoms with Gasteiger partial charge in [-0.1, -0.05) is 58.4 Å². The number of carbonyl (C=O) groups is 1. The minimum absolute atomic E-state index is 0.176. The zero-order valence-electron chi connectivity index (χ0n) is 12.3. The fourth-order valence-corrected chi connectivity index (χ4v) is 2.22. The van der Waals surface area contributed by atoms with Crippen molar-refractivity contribution >= 4 is 22.0 Å². The molecule has 0 aliphatic rings. The van der Waals surface area contributed by atoms with Crippen molar-refractivity contribution in [3.63, 3.8) is 0 Å². The lowest BCUT2D eigenvalue weighted by Gasteiger charge is -2.20. The zero-order valence-corrected chi connectivity index (χ0v) is 13.9. The summed E-state index contributed by atoms with van der Waals surface area (Å²) in [6.45, 7) is 0.396. The van der Waals surface area contributed by atoms with E-state index in [1.165, 1.54) is 4.90 Å². The van der Waals surface area contributed by atoms with E-state index in [1.807, 2.05) is 54.6 Å². The summed E-state index contributed by atoms with van der Waals surface area (Å²) in [7, 11) is 1.61. The van der Waals surface area contributed by atoms with Gasteiger partial charge in [0.15, 0.2) is 0 Å². The number of halogens is 1. The maximum Gasteiger partial charge on any atom is 0.409 e. The van der Waals surface area contributed by atoms with Crippen molar-refractivity contribution in [3.05, 3.63) is 70.2 Å². The predicted molar refractivity (Wildman–Crippen MR) is 88.4 cm³/mol. The highest BCUT2D eigenvalue weighted by Gasteiger charge is 2.16. The van der Waals surface area contributed by atoms with Crippen LogP contribution in [0.5, 0.6) is 0 Å². The highest BCUT2D eigenvalue weighted by molar-refractivity contribution is 9.10. The molecule has 0 heterocycles.